The van der Waals surface area contributed by atoms with E-state index in [9.17, 15) is 13.2 Å². The predicted molar refractivity (Wildman–Crippen MR) is 79.5 cm³/mol. The Morgan fingerprint density at radius 2 is 2.14 bits per heavy atom. The highest BCUT2D eigenvalue weighted by Gasteiger charge is 2.17. The Bertz CT molecular complexity index is 767. The quantitative estimate of drug-likeness (QED) is 0.870. The van der Waals surface area contributed by atoms with Crippen LogP contribution < -0.4 is 10.1 Å². The minimum atomic E-state index is -3.56. The van der Waals surface area contributed by atoms with E-state index < -0.39 is 15.7 Å². The van der Waals surface area contributed by atoms with E-state index >= 15 is 0 Å². The molecule has 0 aliphatic heterocycles. The summed E-state index contributed by atoms with van der Waals surface area (Å²) in [4.78, 5) is 11.9. The van der Waals surface area contributed by atoms with Crippen molar-refractivity contribution in [3.63, 3.8) is 0 Å². The van der Waals surface area contributed by atoms with Gasteiger partial charge in [-0.25, -0.2) is 8.42 Å². The molecule has 0 saturated carbocycles. The highest BCUT2D eigenvalue weighted by Crippen LogP contribution is 2.19. The van der Waals surface area contributed by atoms with E-state index in [-0.39, 0.29) is 22.9 Å². The number of ether oxygens (including phenoxy) is 1. The van der Waals surface area contributed by atoms with Gasteiger partial charge in [0.2, 0.25) is 5.91 Å². The molecule has 0 bridgehead atoms. The van der Waals surface area contributed by atoms with Crippen LogP contribution in [0.25, 0.3) is 0 Å². The third kappa shape index (κ3) is 4.08. The molecule has 22 heavy (non-hydrogen) atoms. The molecule has 0 saturated heterocycles. The zero-order valence-electron chi connectivity index (χ0n) is 12.2. The molecule has 2 aromatic rings. The first-order valence-corrected chi connectivity index (χ1v) is 8.16. The van der Waals surface area contributed by atoms with Crippen LogP contribution in [0.5, 0.6) is 5.75 Å². The SMILES string of the molecule is COc1cccc(S(=O)(=O)CCC(=O)Nc2cc(C)on2)c1. The van der Waals surface area contributed by atoms with Crippen LogP contribution in [0.15, 0.2) is 39.8 Å². The number of sulfone groups is 1. The number of hydrogen-bond donors (Lipinski definition) is 1. The van der Waals surface area contributed by atoms with Gasteiger partial charge in [-0.05, 0) is 25.1 Å². The minimum Gasteiger partial charge on any atom is -0.497 e. The summed E-state index contributed by atoms with van der Waals surface area (Å²) >= 11 is 0. The van der Waals surface area contributed by atoms with Crippen LogP contribution >= 0.6 is 0 Å². The average Bonchev–Trinajstić information content (AvgIpc) is 2.90. The van der Waals surface area contributed by atoms with Gasteiger partial charge in [0.25, 0.3) is 0 Å². The van der Waals surface area contributed by atoms with Crippen LogP contribution in [-0.4, -0.2) is 32.3 Å². The first-order chi connectivity index (χ1) is 10.4. The summed E-state index contributed by atoms with van der Waals surface area (Å²) < 4.78 is 34.2. The van der Waals surface area contributed by atoms with E-state index in [1.165, 1.54) is 19.2 Å². The maximum atomic E-state index is 12.2. The summed E-state index contributed by atoms with van der Waals surface area (Å²) in [7, 11) is -2.10. The number of methoxy groups -OCH3 is 1. The fraction of sp³-hybridized carbons (Fsp3) is 0.286. The van der Waals surface area contributed by atoms with Crippen molar-refractivity contribution in [1.29, 1.82) is 0 Å². The summed E-state index contributed by atoms with van der Waals surface area (Å²) in [5.74, 6) is 0.520. The molecule has 0 atom stereocenters. The van der Waals surface area contributed by atoms with Crippen LogP contribution in [0.2, 0.25) is 0 Å². The molecule has 0 aliphatic rings. The normalized spacial score (nSPS) is 11.2. The van der Waals surface area contributed by atoms with Crippen LogP contribution in [0, 0.1) is 6.92 Å². The average molecular weight is 324 g/mol. The standard InChI is InChI=1S/C14H16N2O5S/c1-10-8-13(16-21-10)15-14(17)6-7-22(18,19)12-5-3-4-11(9-12)20-2/h3-5,8-9H,6-7H2,1-2H3,(H,15,16,17). The molecule has 0 fully saturated rings. The van der Waals surface area contributed by atoms with E-state index in [1.807, 2.05) is 0 Å². The van der Waals surface area contributed by atoms with Gasteiger partial charge in [-0.15, -0.1) is 0 Å². The number of benzene rings is 1. The number of nitrogens with zero attached hydrogens (tertiary/aromatic N) is 1. The monoisotopic (exact) mass is 324 g/mol. The number of nitrogens with one attached hydrogen (secondary N) is 1. The Morgan fingerprint density at radius 1 is 1.36 bits per heavy atom. The van der Waals surface area contributed by atoms with Gasteiger partial charge in [0.1, 0.15) is 11.5 Å². The number of carbonyl (C=O) groups excluding carboxylic acids is 1. The van der Waals surface area contributed by atoms with Gasteiger partial charge in [-0.2, -0.15) is 0 Å². The van der Waals surface area contributed by atoms with Crippen molar-refractivity contribution < 1.29 is 22.5 Å². The van der Waals surface area contributed by atoms with Gasteiger partial charge in [0, 0.05) is 12.5 Å². The van der Waals surface area contributed by atoms with Crippen LogP contribution in [-0.2, 0) is 14.6 Å². The number of rotatable bonds is 6. The summed E-state index contributed by atoms with van der Waals surface area (Å²) in [5, 5.41) is 6.08. The maximum Gasteiger partial charge on any atom is 0.226 e. The van der Waals surface area contributed by atoms with Crippen molar-refractivity contribution >= 4 is 21.6 Å². The predicted octanol–water partition coefficient (Wildman–Crippen LogP) is 1.79. The third-order valence-corrected chi connectivity index (χ3v) is 4.61. The molecule has 0 spiro atoms. The van der Waals surface area contributed by atoms with Gasteiger partial charge in [-0.3, -0.25) is 4.79 Å². The van der Waals surface area contributed by atoms with Gasteiger partial charge >= 0.3 is 0 Å². The fourth-order valence-electron chi connectivity index (χ4n) is 1.77. The van der Waals surface area contributed by atoms with Crippen LogP contribution in [0.4, 0.5) is 5.82 Å². The zero-order valence-corrected chi connectivity index (χ0v) is 13.0. The highest BCUT2D eigenvalue weighted by atomic mass is 32.2. The van der Waals surface area contributed by atoms with E-state index in [1.54, 1.807) is 25.1 Å². The lowest BCUT2D eigenvalue weighted by Gasteiger charge is -2.06. The largest absolute Gasteiger partial charge is 0.497 e. The first-order valence-electron chi connectivity index (χ1n) is 6.51. The molecule has 1 aromatic heterocycles. The molecule has 8 heteroatoms. The second-order valence-electron chi connectivity index (χ2n) is 4.62. The van der Waals surface area contributed by atoms with E-state index in [0.717, 1.165) is 0 Å². The molecule has 118 valence electrons. The van der Waals surface area contributed by atoms with Gasteiger partial charge < -0.3 is 14.6 Å². The Balaban J connectivity index is 1.98. The molecule has 0 unspecified atom stereocenters. The van der Waals surface area contributed by atoms with E-state index in [2.05, 4.69) is 10.5 Å². The number of aryl methyl sites for hydroxylation is 1. The lowest BCUT2D eigenvalue weighted by atomic mass is 10.3. The van der Waals surface area contributed by atoms with Crippen molar-refractivity contribution in [3.8, 4) is 5.75 Å². The summed E-state index contributed by atoms with van der Waals surface area (Å²) in [6.45, 7) is 1.69. The number of carbonyl (C=O) groups is 1. The highest BCUT2D eigenvalue weighted by molar-refractivity contribution is 7.91. The first kappa shape index (κ1) is 16.0. The van der Waals surface area contributed by atoms with Crippen molar-refractivity contribution in [3.05, 3.63) is 36.1 Å². The molecule has 1 N–H and O–H groups in total. The Hall–Kier alpha value is -2.35. The second kappa shape index (κ2) is 6.61. The maximum absolute atomic E-state index is 12.2. The molecular weight excluding hydrogens is 308 g/mol. The minimum absolute atomic E-state index is 0.122. The summed E-state index contributed by atoms with van der Waals surface area (Å²) in [5.41, 5.74) is 0. The molecule has 1 amide bonds. The third-order valence-electron chi connectivity index (χ3n) is 2.89. The van der Waals surface area contributed by atoms with E-state index in [0.29, 0.717) is 11.5 Å². The Morgan fingerprint density at radius 3 is 2.77 bits per heavy atom. The lowest BCUT2D eigenvalue weighted by Crippen LogP contribution is -2.17. The Kier molecular flexibility index (Phi) is 4.81. The molecule has 1 aromatic carbocycles. The second-order valence-corrected chi connectivity index (χ2v) is 6.73. The number of anilines is 1. The number of amides is 1. The zero-order chi connectivity index (χ0) is 16.2. The van der Waals surface area contributed by atoms with Crippen molar-refractivity contribution in [2.24, 2.45) is 0 Å². The van der Waals surface area contributed by atoms with Crippen molar-refractivity contribution in [2.45, 2.75) is 18.2 Å². The van der Waals surface area contributed by atoms with Crippen molar-refractivity contribution in [1.82, 2.24) is 5.16 Å². The van der Waals surface area contributed by atoms with Crippen molar-refractivity contribution in [2.75, 3.05) is 18.2 Å². The topological polar surface area (TPSA) is 98.5 Å². The van der Waals surface area contributed by atoms with Gasteiger partial charge in [0.05, 0.1) is 17.8 Å². The van der Waals surface area contributed by atoms with Crippen LogP contribution in [0.1, 0.15) is 12.2 Å². The van der Waals surface area contributed by atoms with Crippen LogP contribution in [0.3, 0.4) is 0 Å². The summed E-state index contributed by atoms with van der Waals surface area (Å²) in [6.07, 6.45) is -0.175. The van der Waals surface area contributed by atoms with Gasteiger partial charge in [-0.1, -0.05) is 11.2 Å². The lowest BCUT2D eigenvalue weighted by molar-refractivity contribution is -0.115. The molecule has 1 heterocycles. The Labute approximate surface area is 128 Å². The molecule has 0 aliphatic carbocycles. The van der Waals surface area contributed by atoms with E-state index in [4.69, 9.17) is 9.26 Å². The molecule has 0 radical (unpaired) electrons. The molecular formula is C14H16N2O5S. The number of hydrogen-bond acceptors (Lipinski definition) is 6. The molecule has 7 nitrogen and oxygen atoms in total. The molecule has 2 rings (SSSR count). The fourth-order valence-corrected chi connectivity index (χ4v) is 3.04. The summed E-state index contributed by atoms with van der Waals surface area (Å²) in [6, 6.07) is 7.68. The smallest absolute Gasteiger partial charge is 0.226 e. The van der Waals surface area contributed by atoms with Gasteiger partial charge in [0.15, 0.2) is 15.7 Å². The number of aromatic nitrogens is 1.